The van der Waals surface area contributed by atoms with Crippen LogP contribution in [-0.4, -0.2) is 89.0 Å². The van der Waals surface area contributed by atoms with Gasteiger partial charge in [0.2, 0.25) is 0 Å². The lowest BCUT2D eigenvalue weighted by Crippen LogP contribution is -2.62. The van der Waals surface area contributed by atoms with Gasteiger partial charge in [0.05, 0.1) is 5.92 Å². The summed E-state index contributed by atoms with van der Waals surface area (Å²) in [6.45, 7) is 3.82. The Morgan fingerprint density at radius 3 is 1.48 bits per heavy atom. The number of aliphatic hydroxyl groups is 1. The van der Waals surface area contributed by atoms with Crippen LogP contribution >= 0.6 is 0 Å². The van der Waals surface area contributed by atoms with Crippen molar-refractivity contribution in [3.8, 4) is 5.75 Å². The molecule has 1 aromatic rings. The molecular weight excluding hydrogens is 982 g/mol. The van der Waals surface area contributed by atoms with Crippen LogP contribution in [0.5, 0.6) is 5.75 Å². The van der Waals surface area contributed by atoms with E-state index >= 15 is 13.2 Å². The molecule has 8 atom stereocenters. The van der Waals surface area contributed by atoms with Gasteiger partial charge in [0.1, 0.15) is 11.4 Å². The minimum absolute atomic E-state index is 0.174. The van der Waals surface area contributed by atoms with Crippen molar-refractivity contribution in [3.63, 3.8) is 0 Å². The van der Waals surface area contributed by atoms with E-state index in [1.54, 1.807) is 4.74 Å². The zero-order valence-electron chi connectivity index (χ0n) is 33.5. The molecule has 0 saturated heterocycles. The second-order valence-corrected chi connectivity index (χ2v) is 16.5. The van der Waals surface area contributed by atoms with E-state index < -0.39 is 156 Å². The Bertz CT molecular complexity index is 1870. The third-order valence-corrected chi connectivity index (χ3v) is 11.0. The summed E-state index contributed by atoms with van der Waals surface area (Å²) in [4.78, 5) is 27.7. The fourth-order valence-corrected chi connectivity index (χ4v) is 8.63. The Kier molecular flexibility index (Phi) is 14.9. The molecule has 3 rings (SSSR count). The summed E-state index contributed by atoms with van der Waals surface area (Å²) in [5.74, 6) is -22.3. The normalized spacial score (nSPS) is 23.9. The zero-order chi connectivity index (χ0) is 51.8. The van der Waals surface area contributed by atoms with E-state index in [2.05, 4.69) is 9.47 Å². The number of carbonyl (C=O) groups excluding carboxylic acids is 2. The summed E-state index contributed by atoms with van der Waals surface area (Å²) >= 11 is 0. The van der Waals surface area contributed by atoms with Crippen molar-refractivity contribution in [1.82, 2.24) is 0 Å². The summed E-state index contributed by atoms with van der Waals surface area (Å²) in [6.07, 6.45) is -66.5. The van der Waals surface area contributed by atoms with Gasteiger partial charge in [0, 0.05) is 5.92 Å². The van der Waals surface area contributed by atoms with Crippen LogP contribution in [0.15, 0.2) is 24.3 Å². The first-order valence-corrected chi connectivity index (χ1v) is 18.2. The number of alkyl halides is 22. The first kappa shape index (κ1) is 56.6. The van der Waals surface area contributed by atoms with Crippen LogP contribution in [0.3, 0.4) is 0 Å². The number of hydrogen-bond donors (Lipinski definition) is 2. The smallest absolute Gasteiger partial charge is 0.508 e. The highest BCUT2D eigenvalue weighted by molar-refractivity contribution is 5.83. The fourth-order valence-electron chi connectivity index (χ4n) is 8.63. The third kappa shape index (κ3) is 11.1. The quantitative estimate of drug-likeness (QED) is 0.0947. The second kappa shape index (κ2) is 17.3. The van der Waals surface area contributed by atoms with E-state index in [1.165, 1.54) is 4.74 Å². The van der Waals surface area contributed by atoms with Gasteiger partial charge >= 0.3 is 67.6 Å². The molecule has 2 bridgehead atoms. The Balaban J connectivity index is 2.21. The topological polar surface area (TPSA) is 121 Å². The van der Waals surface area contributed by atoms with Gasteiger partial charge in [-0.3, -0.25) is 9.59 Å². The highest BCUT2D eigenvalue weighted by Gasteiger charge is 2.79. The van der Waals surface area contributed by atoms with Crippen LogP contribution in [0.1, 0.15) is 65.4 Å². The lowest BCUT2D eigenvalue weighted by Gasteiger charge is -2.51. The number of esters is 2. The number of ether oxygens (including phenoxy) is 5. The van der Waals surface area contributed by atoms with E-state index in [4.69, 9.17) is 4.74 Å². The van der Waals surface area contributed by atoms with Crippen molar-refractivity contribution in [2.45, 2.75) is 127 Å². The van der Waals surface area contributed by atoms with E-state index in [-0.39, 0.29) is 6.92 Å². The SMILES string of the molecule is CC(C(=O)OC(F)(F)OC(F)(F)C(F)(F)OC(F)(F)C(F)(F)OC(F)(F)F)C(c1ccc(O)cc1)C(C(=O)OC(C)(C)C)(C1C2CC(CC(O)(C(F)(F)F)C(F)(F)F)C(C2)C1C)C(F)(F)F. The van der Waals surface area contributed by atoms with Crippen LogP contribution in [0.2, 0.25) is 0 Å². The van der Waals surface area contributed by atoms with Gasteiger partial charge in [-0.25, -0.2) is 14.2 Å². The Morgan fingerprint density at radius 1 is 0.652 bits per heavy atom. The van der Waals surface area contributed by atoms with Crippen molar-refractivity contribution < 1.29 is 140 Å². The largest absolute Gasteiger partial charge is 0.542 e. The predicted molar refractivity (Wildman–Crippen MR) is 169 cm³/mol. The molecule has 2 aliphatic carbocycles. The number of aromatic hydroxyl groups is 1. The van der Waals surface area contributed by atoms with Gasteiger partial charge in [-0.05, 0) is 87.3 Å². The number of fused-ring (bicyclic) bond motifs is 2. The van der Waals surface area contributed by atoms with E-state index in [0.717, 1.165) is 27.7 Å². The summed E-state index contributed by atoms with van der Waals surface area (Å²) in [7, 11) is 0. The average molecular weight is 1020 g/mol. The van der Waals surface area contributed by atoms with E-state index in [1.807, 2.05) is 0 Å². The highest BCUT2D eigenvalue weighted by Crippen LogP contribution is 2.70. The summed E-state index contributed by atoms with van der Waals surface area (Å²) in [6, 6.07) is 2.07. The van der Waals surface area contributed by atoms with Crippen molar-refractivity contribution in [2.75, 3.05) is 0 Å². The summed E-state index contributed by atoms with van der Waals surface area (Å²) in [5.41, 5.74) is -12.9. The Labute approximate surface area is 355 Å². The van der Waals surface area contributed by atoms with Crippen LogP contribution in [-0.2, 0) is 33.3 Å². The molecule has 0 aromatic heterocycles. The number of hydrogen-bond acceptors (Lipinski definition) is 9. The first-order chi connectivity index (χ1) is 29.0. The molecule has 1 aromatic carbocycles. The molecule has 0 heterocycles. The number of halogens is 22. The van der Waals surface area contributed by atoms with Crippen LogP contribution in [0, 0.1) is 40.9 Å². The molecule has 0 amide bonds. The Morgan fingerprint density at radius 2 is 1.09 bits per heavy atom. The molecule has 9 nitrogen and oxygen atoms in total. The van der Waals surface area contributed by atoms with Gasteiger partial charge in [-0.1, -0.05) is 26.0 Å². The lowest BCUT2D eigenvalue weighted by molar-refractivity contribution is -0.574. The maximum absolute atomic E-state index is 16.3. The van der Waals surface area contributed by atoms with Crippen molar-refractivity contribution in [3.05, 3.63) is 29.8 Å². The number of benzene rings is 1. The second-order valence-electron chi connectivity index (χ2n) is 16.5. The molecule has 66 heavy (non-hydrogen) atoms. The van der Waals surface area contributed by atoms with Gasteiger partial charge in [-0.15, -0.1) is 22.0 Å². The first-order valence-electron chi connectivity index (χ1n) is 18.2. The predicted octanol–water partition coefficient (Wildman–Crippen LogP) is 11.2. The standard InChI is InChI=1S/C35H34F22O9/c1-13-19-11-16(10-17(19)12-25(61,27(36,37)38)28(39,40)41)20(13)26(29(42,43)44,23(60)63-24(3,4)5)21(15-6-8-18(58)9-7-15)14(2)22(59)62-35(56,57)66-33(51,52)31(47,48)64-30(45,46)32(49,50)65-34(53,54)55/h6-9,13-14,16-17,19-21,58,61H,10-12H2,1-5H3. The minimum atomic E-state index is -7.58. The molecule has 2 aliphatic rings. The fraction of sp³-hybridized carbons (Fsp3) is 0.771. The maximum atomic E-state index is 16.3. The third-order valence-electron chi connectivity index (χ3n) is 11.0. The highest BCUT2D eigenvalue weighted by atomic mass is 19.4. The zero-order valence-corrected chi connectivity index (χ0v) is 33.5. The van der Waals surface area contributed by atoms with Gasteiger partial charge < -0.3 is 19.7 Å². The molecule has 2 fully saturated rings. The number of phenols is 1. The van der Waals surface area contributed by atoms with Crippen LogP contribution in [0.25, 0.3) is 0 Å². The number of carbonyl (C=O) groups is 2. The summed E-state index contributed by atoms with van der Waals surface area (Å²) < 4.78 is 321. The summed E-state index contributed by atoms with van der Waals surface area (Å²) in [5, 5.41) is 19.8. The molecule has 0 spiro atoms. The minimum Gasteiger partial charge on any atom is -0.508 e. The van der Waals surface area contributed by atoms with E-state index in [0.29, 0.717) is 24.3 Å². The molecule has 31 heteroatoms. The maximum Gasteiger partial charge on any atom is 0.542 e. The molecule has 2 N–H and O–H groups in total. The molecule has 8 unspecified atom stereocenters. The average Bonchev–Trinajstić information content (AvgIpc) is 3.60. The van der Waals surface area contributed by atoms with Crippen molar-refractivity contribution in [1.29, 1.82) is 0 Å². The van der Waals surface area contributed by atoms with Gasteiger partial charge in [0.15, 0.2) is 5.41 Å². The Hall–Kier alpha value is -3.74. The molecule has 0 aliphatic heterocycles. The lowest BCUT2D eigenvalue weighted by atomic mass is 9.53. The number of phenolic OH excluding ortho intramolecular Hbond substituents is 1. The molecule has 382 valence electrons. The van der Waals surface area contributed by atoms with Crippen LogP contribution < -0.4 is 0 Å². The molecule has 0 radical (unpaired) electrons. The monoisotopic (exact) mass is 1020 g/mol. The van der Waals surface area contributed by atoms with Gasteiger partial charge in [0.25, 0.3) is 5.60 Å². The van der Waals surface area contributed by atoms with E-state index in [9.17, 15) is 103 Å². The van der Waals surface area contributed by atoms with Crippen molar-refractivity contribution >= 4 is 11.9 Å². The molecule has 2 saturated carbocycles. The van der Waals surface area contributed by atoms with Crippen molar-refractivity contribution in [2.24, 2.45) is 40.9 Å². The number of rotatable bonds is 16. The van der Waals surface area contributed by atoms with Crippen LogP contribution in [0.4, 0.5) is 96.6 Å². The molecular formula is C35H34F22O9. The van der Waals surface area contributed by atoms with Gasteiger partial charge in [-0.2, -0.15) is 74.6 Å².